The minimum atomic E-state index is -2.70. The molecule has 0 bridgehead atoms. The van der Waals surface area contributed by atoms with E-state index in [0.29, 0.717) is 28.1 Å². The fourth-order valence-electron chi connectivity index (χ4n) is 3.05. The summed E-state index contributed by atoms with van der Waals surface area (Å²) in [5.41, 5.74) is 1.39. The van der Waals surface area contributed by atoms with Crippen LogP contribution in [-0.4, -0.2) is 41.2 Å². The predicted molar refractivity (Wildman–Crippen MR) is 108 cm³/mol. The van der Waals surface area contributed by atoms with E-state index >= 15 is 0 Å². The molecule has 4 aromatic heterocycles. The lowest BCUT2D eigenvalue weighted by Gasteiger charge is -2.24. The van der Waals surface area contributed by atoms with Gasteiger partial charge in [0.15, 0.2) is 5.82 Å². The Morgan fingerprint density at radius 2 is 1.83 bits per heavy atom. The first-order valence-corrected chi connectivity index (χ1v) is 9.27. The molecule has 0 aromatic carbocycles. The fourth-order valence-corrected chi connectivity index (χ4v) is 3.05. The molecule has 0 amide bonds. The molecule has 0 unspecified atom stereocenters. The van der Waals surface area contributed by atoms with E-state index in [1.165, 1.54) is 12.3 Å². The molecule has 0 aliphatic heterocycles. The number of rotatable bonds is 6. The van der Waals surface area contributed by atoms with Crippen LogP contribution < -0.4 is 10.6 Å². The van der Waals surface area contributed by atoms with Crippen molar-refractivity contribution in [3.05, 3.63) is 48.3 Å². The number of nitrogens with one attached hydrogen (secondary N) is 2. The summed E-state index contributed by atoms with van der Waals surface area (Å²) in [5, 5.41) is 10.0. The van der Waals surface area contributed by atoms with Gasteiger partial charge in [-0.05, 0) is 39.0 Å². The lowest BCUT2D eigenvalue weighted by molar-refractivity contribution is 0.0558. The zero-order chi connectivity index (χ0) is 21.5. The van der Waals surface area contributed by atoms with Crippen LogP contribution in [0.25, 0.3) is 16.9 Å². The van der Waals surface area contributed by atoms with Crippen molar-refractivity contribution in [1.29, 1.82) is 0 Å². The van der Waals surface area contributed by atoms with Gasteiger partial charge < -0.3 is 15.0 Å². The number of pyridine rings is 1. The highest BCUT2D eigenvalue weighted by Crippen LogP contribution is 2.26. The molecule has 0 saturated carbocycles. The molecule has 0 spiro atoms. The van der Waals surface area contributed by atoms with Gasteiger partial charge in [0.1, 0.15) is 5.82 Å². The molecule has 9 nitrogen and oxygen atoms in total. The van der Waals surface area contributed by atoms with Crippen LogP contribution in [0, 0.1) is 6.92 Å². The normalized spacial score (nSPS) is 12.0. The van der Waals surface area contributed by atoms with E-state index in [1.807, 2.05) is 43.5 Å². The number of aryl methyl sites for hydroxylation is 1. The summed E-state index contributed by atoms with van der Waals surface area (Å²) in [6.45, 7) is 2.84. The molecule has 4 heterocycles. The minimum absolute atomic E-state index is 0.295. The zero-order valence-corrected chi connectivity index (χ0v) is 16.9. The average Bonchev–Trinajstić information content (AvgIpc) is 3.35. The Hall–Kier alpha value is -3.63. The first-order valence-electron chi connectivity index (χ1n) is 9.27. The zero-order valence-electron chi connectivity index (χ0n) is 16.9. The molecule has 30 heavy (non-hydrogen) atoms. The monoisotopic (exact) mass is 413 g/mol. The summed E-state index contributed by atoms with van der Waals surface area (Å²) in [6, 6.07) is 5.38. The minimum Gasteiger partial charge on any atom is -0.357 e. The van der Waals surface area contributed by atoms with Crippen molar-refractivity contribution >= 4 is 17.4 Å². The quantitative estimate of drug-likeness (QED) is 0.499. The third-order valence-electron chi connectivity index (χ3n) is 4.70. The molecular weight excluding hydrogens is 392 g/mol. The van der Waals surface area contributed by atoms with E-state index < -0.39 is 12.1 Å². The van der Waals surface area contributed by atoms with Crippen molar-refractivity contribution in [3.63, 3.8) is 0 Å². The largest absolute Gasteiger partial charge is 0.357 e. The summed E-state index contributed by atoms with van der Waals surface area (Å²) in [5.74, 6) is 1.98. The Morgan fingerprint density at radius 3 is 2.53 bits per heavy atom. The molecule has 0 radical (unpaired) electrons. The molecule has 0 atom stereocenters. The molecule has 2 N–H and O–H groups in total. The number of aromatic nitrogens is 7. The van der Waals surface area contributed by atoms with Crippen LogP contribution in [0.3, 0.4) is 0 Å². The Bertz CT molecular complexity index is 1200. The van der Waals surface area contributed by atoms with Crippen molar-refractivity contribution < 1.29 is 8.78 Å². The van der Waals surface area contributed by atoms with Crippen molar-refractivity contribution in [2.75, 3.05) is 17.7 Å². The van der Waals surface area contributed by atoms with Gasteiger partial charge in [0.25, 0.3) is 0 Å². The summed E-state index contributed by atoms with van der Waals surface area (Å²) in [6.07, 6.45) is 4.94. The highest BCUT2D eigenvalue weighted by atomic mass is 19.3. The van der Waals surface area contributed by atoms with Crippen LogP contribution in [0.1, 0.15) is 31.9 Å². The number of nitrogens with zero attached hydrogens (tertiary/aromatic N) is 7. The van der Waals surface area contributed by atoms with Gasteiger partial charge in [0.05, 0.1) is 22.9 Å². The van der Waals surface area contributed by atoms with Crippen LogP contribution in [0.5, 0.6) is 0 Å². The van der Waals surface area contributed by atoms with Gasteiger partial charge >= 0.3 is 6.55 Å². The Labute approximate surface area is 171 Å². The highest BCUT2D eigenvalue weighted by Gasteiger charge is 2.26. The van der Waals surface area contributed by atoms with Crippen LogP contribution in [-0.2, 0) is 5.54 Å². The maximum absolute atomic E-state index is 12.9. The molecule has 4 rings (SSSR count). The third-order valence-corrected chi connectivity index (χ3v) is 4.70. The van der Waals surface area contributed by atoms with Gasteiger partial charge in [-0.2, -0.15) is 28.8 Å². The molecule has 0 aliphatic rings. The highest BCUT2D eigenvalue weighted by molar-refractivity contribution is 5.61. The van der Waals surface area contributed by atoms with Crippen LogP contribution in [0.4, 0.5) is 20.7 Å². The predicted octanol–water partition coefficient (Wildman–Crippen LogP) is 3.48. The molecule has 0 fully saturated rings. The third kappa shape index (κ3) is 3.65. The topological polar surface area (TPSA) is 97.8 Å². The van der Waals surface area contributed by atoms with Crippen LogP contribution in [0.2, 0.25) is 0 Å². The molecule has 4 aromatic rings. The average molecular weight is 413 g/mol. The molecule has 156 valence electrons. The summed E-state index contributed by atoms with van der Waals surface area (Å²) < 4.78 is 28.3. The standard InChI is InChI=1S/C19H21F2N9/c1-11-23-9-13-6-5-12(10-29(11)13)15-24-17(22-4)26-18(25-15)27-19(2,3)14-7-8-30(28-14)16(20)21/h5-10,16H,1-4H3,(H2,22,24,25,26,27). The van der Waals surface area contributed by atoms with Crippen LogP contribution in [0.15, 0.2) is 36.8 Å². The Balaban J connectivity index is 1.70. The maximum atomic E-state index is 12.9. The number of hydrogen-bond donors (Lipinski definition) is 2. The summed E-state index contributed by atoms with van der Waals surface area (Å²) in [7, 11) is 1.71. The second-order valence-electron chi connectivity index (χ2n) is 7.28. The number of anilines is 2. The first kappa shape index (κ1) is 19.7. The lowest BCUT2D eigenvalue weighted by atomic mass is 10.0. The lowest BCUT2D eigenvalue weighted by Crippen LogP contribution is -2.30. The van der Waals surface area contributed by atoms with E-state index in [-0.39, 0.29) is 0 Å². The van der Waals surface area contributed by atoms with Crippen molar-refractivity contribution in [2.45, 2.75) is 32.9 Å². The Morgan fingerprint density at radius 1 is 1.07 bits per heavy atom. The number of fused-ring (bicyclic) bond motifs is 1. The molecular formula is C19H21F2N9. The van der Waals surface area contributed by atoms with Gasteiger partial charge in [0, 0.05) is 25.0 Å². The molecule has 0 saturated heterocycles. The van der Waals surface area contributed by atoms with E-state index in [9.17, 15) is 8.78 Å². The second kappa shape index (κ2) is 7.32. The van der Waals surface area contributed by atoms with E-state index in [4.69, 9.17) is 0 Å². The molecule has 11 heteroatoms. The number of hydrogen-bond acceptors (Lipinski definition) is 7. The van der Waals surface area contributed by atoms with Gasteiger partial charge in [-0.3, -0.25) is 0 Å². The molecule has 0 aliphatic carbocycles. The maximum Gasteiger partial charge on any atom is 0.333 e. The first-order chi connectivity index (χ1) is 14.3. The van der Waals surface area contributed by atoms with Crippen molar-refractivity contribution in [3.8, 4) is 11.4 Å². The van der Waals surface area contributed by atoms with Gasteiger partial charge in [-0.1, -0.05) is 0 Å². The number of imidazole rings is 1. The van der Waals surface area contributed by atoms with Crippen molar-refractivity contribution in [1.82, 2.24) is 34.1 Å². The van der Waals surface area contributed by atoms with Crippen molar-refractivity contribution in [2.24, 2.45) is 0 Å². The van der Waals surface area contributed by atoms with Gasteiger partial charge in [0.2, 0.25) is 11.9 Å². The van der Waals surface area contributed by atoms with Crippen LogP contribution >= 0.6 is 0 Å². The fraction of sp³-hybridized carbons (Fsp3) is 0.316. The number of halogens is 2. The number of alkyl halides is 2. The van der Waals surface area contributed by atoms with E-state index in [1.54, 1.807) is 13.2 Å². The van der Waals surface area contributed by atoms with E-state index in [2.05, 4.69) is 35.7 Å². The second-order valence-corrected chi connectivity index (χ2v) is 7.28. The van der Waals surface area contributed by atoms with Gasteiger partial charge in [-0.25, -0.2) is 9.67 Å². The smallest absolute Gasteiger partial charge is 0.333 e. The summed E-state index contributed by atoms with van der Waals surface area (Å²) >= 11 is 0. The van der Waals surface area contributed by atoms with E-state index in [0.717, 1.165) is 16.9 Å². The summed E-state index contributed by atoms with van der Waals surface area (Å²) in [4.78, 5) is 17.6. The Kier molecular flexibility index (Phi) is 4.80. The van der Waals surface area contributed by atoms with Gasteiger partial charge in [-0.15, -0.1) is 0 Å². The SMILES string of the molecule is CNc1nc(NC(C)(C)c2ccn(C(F)F)n2)nc(-c2ccc3cnc(C)n3c2)n1.